The van der Waals surface area contributed by atoms with Gasteiger partial charge in [0.25, 0.3) is 0 Å². The summed E-state index contributed by atoms with van der Waals surface area (Å²) >= 11 is 1.29. The molecule has 0 saturated carbocycles. The molecular weight excluding hydrogens is 436 g/mol. The fourth-order valence-corrected chi connectivity index (χ4v) is 4.93. The van der Waals surface area contributed by atoms with Gasteiger partial charge in [-0.05, 0) is 48.8 Å². The van der Waals surface area contributed by atoms with Gasteiger partial charge in [0, 0.05) is 30.7 Å². The van der Waals surface area contributed by atoms with E-state index in [1.807, 2.05) is 43.5 Å². The number of nitriles is 1. The van der Waals surface area contributed by atoms with Crippen LogP contribution in [0.25, 0.3) is 5.57 Å². The van der Waals surface area contributed by atoms with Gasteiger partial charge < -0.3 is 20.3 Å². The minimum atomic E-state index is -0.913. The molecule has 0 bridgehead atoms. The van der Waals surface area contributed by atoms with Crippen molar-refractivity contribution in [3.63, 3.8) is 0 Å². The second-order valence-electron chi connectivity index (χ2n) is 8.43. The smallest absolute Gasteiger partial charge is 0.341 e. The Morgan fingerprint density at radius 1 is 1.33 bits per heavy atom. The Hall–Kier alpha value is -2.53. The first kappa shape index (κ1) is 25.1. The maximum Gasteiger partial charge on any atom is 0.341 e. The van der Waals surface area contributed by atoms with Crippen LogP contribution in [0.2, 0.25) is 0 Å². The van der Waals surface area contributed by atoms with Crippen molar-refractivity contribution in [3.8, 4) is 6.07 Å². The molecule has 0 spiro atoms. The van der Waals surface area contributed by atoms with E-state index in [4.69, 9.17) is 4.74 Å². The van der Waals surface area contributed by atoms with Crippen LogP contribution in [0.1, 0.15) is 56.3 Å². The lowest BCUT2D eigenvalue weighted by atomic mass is 9.90. The summed E-state index contributed by atoms with van der Waals surface area (Å²) in [5, 5.41) is 33.0. The van der Waals surface area contributed by atoms with Gasteiger partial charge in [-0.3, -0.25) is 0 Å². The second kappa shape index (κ2) is 12.6. The summed E-state index contributed by atoms with van der Waals surface area (Å²) in [6.45, 7) is 3.55. The number of ether oxygens (including phenoxy) is 1. The van der Waals surface area contributed by atoms with Crippen LogP contribution < -0.4 is 5.32 Å². The third-order valence-corrected chi connectivity index (χ3v) is 7.15. The van der Waals surface area contributed by atoms with Crippen LogP contribution in [0.15, 0.2) is 53.1 Å². The Labute approximate surface area is 200 Å². The van der Waals surface area contributed by atoms with Crippen molar-refractivity contribution >= 4 is 23.3 Å². The zero-order valence-electron chi connectivity index (χ0n) is 19.0. The third kappa shape index (κ3) is 7.23. The number of aliphatic hydroxyl groups is 1. The number of unbranched alkanes of at least 4 members (excludes halogenated alkanes) is 1. The number of aliphatic hydroxyl groups excluding tert-OH is 1. The number of nitrogens with zero attached hydrogens (tertiary/aromatic N) is 1. The molecule has 7 heteroatoms. The number of carboxylic acid groups (broad SMARTS) is 1. The van der Waals surface area contributed by atoms with Gasteiger partial charge in [0.15, 0.2) is 0 Å². The molecule has 0 aromatic heterocycles. The zero-order chi connectivity index (χ0) is 23.6. The Bertz CT molecular complexity index is 940. The van der Waals surface area contributed by atoms with E-state index in [0.717, 1.165) is 62.0 Å². The minimum absolute atomic E-state index is 0.127. The number of rotatable bonds is 10. The molecule has 3 rings (SSSR count). The summed E-state index contributed by atoms with van der Waals surface area (Å²) in [6, 6.07) is 9.87. The Morgan fingerprint density at radius 2 is 2.06 bits per heavy atom. The van der Waals surface area contributed by atoms with Gasteiger partial charge in [0.05, 0.1) is 28.7 Å². The normalized spacial score (nSPS) is 20.3. The first-order chi connectivity index (χ1) is 16.0. The van der Waals surface area contributed by atoms with E-state index >= 15 is 0 Å². The monoisotopic (exact) mass is 468 g/mol. The molecule has 2 atom stereocenters. The van der Waals surface area contributed by atoms with Gasteiger partial charge >= 0.3 is 5.97 Å². The maximum absolute atomic E-state index is 11.4. The predicted molar refractivity (Wildman–Crippen MR) is 131 cm³/mol. The quantitative estimate of drug-likeness (QED) is 0.424. The molecule has 1 aromatic rings. The fourth-order valence-electron chi connectivity index (χ4n) is 4.02. The Kier molecular flexibility index (Phi) is 9.61. The van der Waals surface area contributed by atoms with Crippen molar-refractivity contribution in [2.45, 2.75) is 51.2 Å². The molecule has 0 amide bonds. The van der Waals surface area contributed by atoms with Gasteiger partial charge in [-0.25, -0.2) is 4.79 Å². The highest BCUT2D eigenvalue weighted by atomic mass is 32.2. The number of hydrogen-bond donors (Lipinski definition) is 3. The molecule has 1 aromatic carbocycles. The number of aliphatic carboxylic acids is 1. The average Bonchev–Trinajstić information content (AvgIpc) is 2.84. The van der Waals surface area contributed by atoms with Crippen LogP contribution in [0.5, 0.6) is 0 Å². The van der Waals surface area contributed by atoms with E-state index in [-0.39, 0.29) is 6.04 Å². The van der Waals surface area contributed by atoms with E-state index in [2.05, 4.69) is 11.4 Å². The van der Waals surface area contributed by atoms with E-state index in [1.165, 1.54) is 11.8 Å². The lowest BCUT2D eigenvalue weighted by Crippen LogP contribution is -2.28. The number of hydrogen-bond acceptors (Lipinski definition) is 6. The van der Waals surface area contributed by atoms with Crippen molar-refractivity contribution in [1.82, 2.24) is 5.32 Å². The predicted octanol–water partition coefficient (Wildman–Crippen LogP) is 4.80. The minimum Gasteiger partial charge on any atom is -0.477 e. The number of carboxylic acids is 1. The third-order valence-electron chi connectivity index (χ3n) is 5.97. The SMILES string of the molecule is CCC/C=C(\SCC1C=C(C#N)C(c2ccc(C(O)CC3CCOCC3)cc2)=CN1)C(=O)O. The van der Waals surface area contributed by atoms with Crippen LogP contribution in [0.3, 0.4) is 0 Å². The van der Waals surface area contributed by atoms with Crippen LogP contribution >= 0.6 is 11.8 Å². The van der Waals surface area contributed by atoms with Gasteiger partial charge in [-0.1, -0.05) is 43.7 Å². The molecule has 2 aliphatic rings. The number of nitrogens with one attached hydrogen (secondary N) is 1. The highest BCUT2D eigenvalue weighted by Crippen LogP contribution is 2.31. The summed E-state index contributed by atoms with van der Waals surface area (Å²) < 4.78 is 5.40. The van der Waals surface area contributed by atoms with E-state index in [1.54, 1.807) is 6.08 Å². The maximum atomic E-state index is 11.4. The molecule has 176 valence electrons. The van der Waals surface area contributed by atoms with Crippen molar-refractivity contribution in [1.29, 1.82) is 5.26 Å². The van der Waals surface area contributed by atoms with Gasteiger partial charge in [0.2, 0.25) is 0 Å². The molecule has 33 heavy (non-hydrogen) atoms. The number of carbonyl (C=O) groups is 1. The lowest BCUT2D eigenvalue weighted by Gasteiger charge is -2.24. The molecular formula is C26H32N2O4S. The highest BCUT2D eigenvalue weighted by Gasteiger charge is 2.21. The largest absolute Gasteiger partial charge is 0.477 e. The summed E-state index contributed by atoms with van der Waals surface area (Å²) in [5.74, 6) is 0.0952. The van der Waals surface area contributed by atoms with Crippen LogP contribution in [0, 0.1) is 17.2 Å². The van der Waals surface area contributed by atoms with Gasteiger partial charge in [-0.2, -0.15) is 5.26 Å². The lowest BCUT2D eigenvalue weighted by molar-refractivity contribution is -0.131. The molecule has 2 aliphatic heterocycles. The molecule has 2 unspecified atom stereocenters. The van der Waals surface area contributed by atoms with Crippen LogP contribution in [0.4, 0.5) is 0 Å². The number of thioether (sulfide) groups is 1. The molecule has 0 aliphatic carbocycles. The molecule has 0 radical (unpaired) electrons. The van der Waals surface area contributed by atoms with E-state index < -0.39 is 12.1 Å². The summed E-state index contributed by atoms with van der Waals surface area (Å²) in [5.41, 5.74) is 3.14. The number of allylic oxidation sites excluding steroid dienone is 3. The molecule has 1 saturated heterocycles. The summed E-state index contributed by atoms with van der Waals surface area (Å²) in [4.78, 5) is 11.8. The number of benzene rings is 1. The van der Waals surface area contributed by atoms with Crippen molar-refractivity contribution < 1.29 is 19.7 Å². The van der Waals surface area contributed by atoms with Crippen LogP contribution in [-0.4, -0.2) is 41.2 Å². The topological polar surface area (TPSA) is 103 Å². The standard InChI is InChI=1S/C26H32N2O4S/c1-2-3-4-25(26(30)31)33-17-22-14-21(15-27)23(16-28-22)19-5-7-20(8-6-19)24(29)13-18-9-11-32-12-10-18/h4-8,14,16,18,22,24,28-29H,2-3,9-13,17H2,1H3,(H,30,31)/b25-4-. The van der Waals surface area contributed by atoms with Gasteiger partial charge in [0.1, 0.15) is 0 Å². The second-order valence-corrected chi connectivity index (χ2v) is 9.49. The fraction of sp³-hybridized carbons (Fsp3) is 0.462. The molecule has 2 heterocycles. The van der Waals surface area contributed by atoms with Crippen molar-refractivity contribution in [2.75, 3.05) is 19.0 Å². The highest BCUT2D eigenvalue weighted by molar-refractivity contribution is 8.04. The average molecular weight is 469 g/mol. The zero-order valence-corrected chi connectivity index (χ0v) is 19.8. The van der Waals surface area contributed by atoms with Crippen molar-refractivity contribution in [3.05, 3.63) is 64.2 Å². The first-order valence-electron chi connectivity index (χ1n) is 11.5. The molecule has 1 fully saturated rings. The Balaban J connectivity index is 1.61. The molecule has 3 N–H and O–H groups in total. The van der Waals surface area contributed by atoms with Crippen molar-refractivity contribution in [2.24, 2.45) is 5.92 Å². The Morgan fingerprint density at radius 3 is 2.70 bits per heavy atom. The summed E-state index contributed by atoms with van der Waals surface area (Å²) in [6.07, 6.45) is 9.29. The molecule has 6 nitrogen and oxygen atoms in total. The van der Waals surface area contributed by atoms with Crippen LogP contribution in [-0.2, 0) is 9.53 Å². The number of dihydropyridines is 1. The van der Waals surface area contributed by atoms with E-state index in [0.29, 0.717) is 22.1 Å². The summed E-state index contributed by atoms with van der Waals surface area (Å²) in [7, 11) is 0. The van der Waals surface area contributed by atoms with E-state index in [9.17, 15) is 20.3 Å². The van der Waals surface area contributed by atoms with Gasteiger partial charge in [-0.15, -0.1) is 11.8 Å². The first-order valence-corrected chi connectivity index (χ1v) is 12.5.